The van der Waals surface area contributed by atoms with E-state index in [2.05, 4.69) is 15.8 Å². The Morgan fingerprint density at radius 1 is 1.13 bits per heavy atom. The van der Waals surface area contributed by atoms with Gasteiger partial charge in [-0.3, -0.25) is 14.4 Å². The van der Waals surface area contributed by atoms with Crippen molar-refractivity contribution in [2.24, 2.45) is 0 Å². The second-order valence-electron chi connectivity index (χ2n) is 6.01. The number of carbonyl (C=O) groups excluding carboxylic acids is 2. The normalized spacial score (nSPS) is 11.4. The number of thioether (sulfide) groups is 1. The molecule has 2 N–H and O–H groups in total. The molecule has 3 rings (SSSR count). The SMILES string of the molecule is O=C(CONC(=O)c1ccccc1)Nc1ccc2nc(SCCC(F)(F)F)sc2c1. The van der Waals surface area contributed by atoms with Gasteiger partial charge in [0.1, 0.15) is 0 Å². The smallest absolute Gasteiger partial charge is 0.324 e. The van der Waals surface area contributed by atoms with Gasteiger partial charge in [-0.2, -0.15) is 13.2 Å². The predicted molar refractivity (Wildman–Crippen MR) is 110 cm³/mol. The minimum absolute atomic E-state index is 0.0983. The number of hydrogen-bond acceptors (Lipinski definition) is 6. The fourth-order valence-electron chi connectivity index (χ4n) is 2.31. The number of halogens is 3. The highest BCUT2D eigenvalue weighted by molar-refractivity contribution is 8.01. The van der Waals surface area contributed by atoms with Gasteiger partial charge in [0.25, 0.3) is 11.8 Å². The highest BCUT2D eigenvalue weighted by Crippen LogP contribution is 2.33. The lowest BCUT2D eigenvalue weighted by atomic mass is 10.2. The van der Waals surface area contributed by atoms with Crippen molar-refractivity contribution in [3.63, 3.8) is 0 Å². The number of nitrogens with zero attached hydrogens (tertiary/aromatic N) is 1. The van der Waals surface area contributed by atoms with Crippen LogP contribution in [-0.2, 0) is 9.63 Å². The Balaban J connectivity index is 1.49. The Kier molecular flexibility index (Phi) is 7.29. The number of carbonyl (C=O) groups is 2. The van der Waals surface area contributed by atoms with Crippen molar-refractivity contribution in [1.29, 1.82) is 0 Å². The van der Waals surface area contributed by atoms with Crippen LogP contribution in [0.25, 0.3) is 10.2 Å². The molecule has 6 nitrogen and oxygen atoms in total. The molecular formula is C19H16F3N3O3S2. The number of aromatic nitrogens is 1. The number of hydroxylamine groups is 1. The van der Waals surface area contributed by atoms with E-state index in [0.717, 1.165) is 16.5 Å². The predicted octanol–water partition coefficient (Wildman–Crippen LogP) is 4.64. The zero-order chi connectivity index (χ0) is 21.6. The van der Waals surface area contributed by atoms with E-state index in [4.69, 9.17) is 4.84 Å². The van der Waals surface area contributed by atoms with Crippen molar-refractivity contribution < 1.29 is 27.6 Å². The number of rotatable bonds is 8. The Morgan fingerprint density at radius 2 is 1.90 bits per heavy atom. The zero-order valence-electron chi connectivity index (χ0n) is 15.4. The van der Waals surface area contributed by atoms with Gasteiger partial charge in [0, 0.05) is 17.0 Å². The van der Waals surface area contributed by atoms with E-state index in [1.54, 1.807) is 48.5 Å². The number of benzene rings is 2. The van der Waals surface area contributed by atoms with Crippen LogP contribution < -0.4 is 10.8 Å². The molecule has 30 heavy (non-hydrogen) atoms. The third-order valence-corrected chi connectivity index (χ3v) is 5.83. The molecule has 0 aliphatic rings. The number of alkyl halides is 3. The van der Waals surface area contributed by atoms with Crippen molar-refractivity contribution in [3.8, 4) is 0 Å². The fraction of sp³-hybridized carbons (Fsp3) is 0.211. The van der Waals surface area contributed by atoms with E-state index in [0.29, 0.717) is 21.1 Å². The summed E-state index contributed by atoms with van der Waals surface area (Å²) < 4.78 is 38.0. The van der Waals surface area contributed by atoms with Crippen molar-refractivity contribution >= 4 is 50.8 Å². The molecule has 1 heterocycles. The Labute approximate surface area is 177 Å². The largest absolute Gasteiger partial charge is 0.389 e. The van der Waals surface area contributed by atoms with Gasteiger partial charge in [0.05, 0.1) is 16.6 Å². The summed E-state index contributed by atoms with van der Waals surface area (Å²) in [7, 11) is 0. The average Bonchev–Trinajstić information content (AvgIpc) is 3.09. The Morgan fingerprint density at radius 3 is 2.63 bits per heavy atom. The number of thiazole rings is 1. The van der Waals surface area contributed by atoms with Crippen LogP contribution in [0.5, 0.6) is 0 Å². The summed E-state index contributed by atoms with van der Waals surface area (Å²) >= 11 is 2.30. The van der Waals surface area contributed by atoms with Crippen LogP contribution in [-0.4, -0.2) is 35.3 Å². The minimum Gasteiger partial charge on any atom is -0.324 e. The van der Waals surface area contributed by atoms with Crippen molar-refractivity contribution in [2.75, 3.05) is 17.7 Å². The number of hydrogen-bond donors (Lipinski definition) is 2. The molecule has 0 saturated heterocycles. The average molecular weight is 455 g/mol. The first-order valence-corrected chi connectivity index (χ1v) is 10.5. The molecule has 0 saturated carbocycles. The maximum Gasteiger partial charge on any atom is 0.389 e. The lowest BCUT2D eigenvalue weighted by Crippen LogP contribution is -2.29. The molecule has 0 bridgehead atoms. The van der Waals surface area contributed by atoms with Crippen LogP contribution in [0.3, 0.4) is 0 Å². The van der Waals surface area contributed by atoms with Crippen molar-refractivity contribution in [3.05, 3.63) is 54.1 Å². The van der Waals surface area contributed by atoms with Gasteiger partial charge in [0.2, 0.25) is 0 Å². The monoisotopic (exact) mass is 455 g/mol. The summed E-state index contributed by atoms with van der Waals surface area (Å²) in [5.41, 5.74) is 3.71. The summed E-state index contributed by atoms with van der Waals surface area (Å²) in [6, 6.07) is 13.4. The van der Waals surface area contributed by atoms with Gasteiger partial charge in [-0.1, -0.05) is 30.0 Å². The molecule has 1 aromatic heterocycles. The molecule has 11 heteroatoms. The summed E-state index contributed by atoms with van der Waals surface area (Å²) in [5, 5.41) is 2.63. The van der Waals surface area contributed by atoms with Gasteiger partial charge >= 0.3 is 6.18 Å². The summed E-state index contributed by atoms with van der Waals surface area (Å²) in [6.07, 6.45) is -5.07. The van der Waals surface area contributed by atoms with Crippen LogP contribution in [0.2, 0.25) is 0 Å². The molecule has 0 aliphatic carbocycles. The third kappa shape index (κ3) is 6.71. The number of nitrogens with one attached hydrogen (secondary N) is 2. The summed E-state index contributed by atoms with van der Waals surface area (Å²) in [6.45, 7) is -0.391. The molecule has 0 atom stereocenters. The van der Waals surface area contributed by atoms with Crippen LogP contribution >= 0.6 is 23.1 Å². The first kappa shape index (κ1) is 22.1. The van der Waals surface area contributed by atoms with E-state index >= 15 is 0 Å². The maximum atomic E-state index is 12.3. The van der Waals surface area contributed by atoms with Crippen LogP contribution in [0, 0.1) is 0 Å². The van der Waals surface area contributed by atoms with E-state index in [1.807, 2.05) is 0 Å². The molecule has 0 fully saturated rings. The van der Waals surface area contributed by atoms with Crippen molar-refractivity contribution in [1.82, 2.24) is 10.5 Å². The van der Waals surface area contributed by atoms with Gasteiger partial charge in [-0.05, 0) is 30.3 Å². The van der Waals surface area contributed by atoms with Crippen LogP contribution in [0.1, 0.15) is 16.8 Å². The Hall–Kier alpha value is -2.63. The quantitative estimate of drug-likeness (QED) is 0.382. The molecule has 0 radical (unpaired) electrons. The molecule has 0 unspecified atom stereocenters. The highest BCUT2D eigenvalue weighted by Gasteiger charge is 2.26. The van der Waals surface area contributed by atoms with E-state index in [-0.39, 0.29) is 5.75 Å². The van der Waals surface area contributed by atoms with Crippen molar-refractivity contribution in [2.45, 2.75) is 16.9 Å². The standard InChI is InChI=1S/C19H16F3N3O3S2/c20-19(21,22)8-9-29-18-24-14-7-6-13(10-15(14)30-18)23-16(26)11-28-25-17(27)12-4-2-1-3-5-12/h1-7,10H,8-9,11H2,(H,23,26)(H,25,27). The van der Waals surface area contributed by atoms with E-state index in [1.165, 1.54) is 11.3 Å². The topological polar surface area (TPSA) is 80.3 Å². The van der Waals surface area contributed by atoms with Gasteiger partial charge in [-0.25, -0.2) is 10.5 Å². The Bertz CT molecular complexity index is 1030. The number of fused-ring (bicyclic) bond motifs is 1. The zero-order valence-corrected chi connectivity index (χ0v) is 17.0. The van der Waals surface area contributed by atoms with Gasteiger partial charge in [-0.15, -0.1) is 11.3 Å². The maximum absolute atomic E-state index is 12.3. The molecule has 158 valence electrons. The third-order valence-electron chi connectivity index (χ3n) is 3.67. The van der Waals surface area contributed by atoms with Crippen LogP contribution in [0.15, 0.2) is 52.9 Å². The first-order valence-electron chi connectivity index (χ1n) is 8.67. The highest BCUT2D eigenvalue weighted by atomic mass is 32.2. The van der Waals surface area contributed by atoms with Gasteiger partial charge < -0.3 is 5.32 Å². The fourth-order valence-corrected chi connectivity index (χ4v) is 4.47. The number of amides is 2. The second kappa shape index (κ2) is 9.92. The molecule has 0 aliphatic heterocycles. The van der Waals surface area contributed by atoms with E-state index in [9.17, 15) is 22.8 Å². The second-order valence-corrected chi connectivity index (χ2v) is 8.38. The lowest BCUT2D eigenvalue weighted by molar-refractivity contribution is -0.129. The molecular weight excluding hydrogens is 439 g/mol. The number of anilines is 1. The molecule has 2 aromatic carbocycles. The van der Waals surface area contributed by atoms with E-state index < -0.39 is 31.0 Å². The molecule has 3 aromatic rings. The molecule has 2 amide bonds. The summed E-state index contributed by atoms with van der Waals surface area (Å²) in [5.74, 6) is -1.05. The molecule has 0 spiro atoms. The van der Waals surface area contributed by atoms with Crippen LogP contribution in [0.4, 0.5) is 18.9 Å². The van der Waals surface area contributed by atoms with Gasteiger partial charge in [0.15, 0.2) is 10.9 Å². The first-order chi connectivity index (χ1) is 14.3. The summed E-state index contributed by atoms with van der Waals surface area (Å²) in [4.78, 5) is 33.0. The minimum atomic E-state index is -4.19. The lowest BCUT2D eigenvalue weighted by Gasteiger charge is -2.07.